The molecule has 3 aromatic rings. The topological polar surface area (TPSA) is 74.7 Å². The number of benzene rings is 2. The first-order valence-corrected chi connectivity index (χ1v) is 21.2. The van der Waals surface area contributed by atoms with Gasteiger partial charge in [-0.3, -0.25) is 9.59 Å². The third-order valence-electron chi connectivity index (χ3n) is 8.41. The summed E-state index contributed by atoms with van der Waals surface area (Å²) in [6.45, 7) is 22.3. The van der Waals surface area contributed by atoms with Crippen LogP contribution in [0.5, 0.6) is 17.2 Å². The van der Waals surface area contributed by atoms with Crippen LogP contribution in [0.4, 0.5) is 0 Å². The third-order valence-corrected chi connectivity index (χ3v) is 17.7. The van der Waals surface area contributed by atoms with Gasteiger partial charge in [-0.05, 0) is 78.4 Å². The van der Waals surface area contributed by atoms with Crippen LogP contribution < -0.4 is 13.6 Å². The van der Waals surface area contributed by atoms with E-state index in [9.17, 15) is 9.59 Å². The van der Waals surface area contributed by atoms with Crippen molar-refractivity contribution < 1.29 is 23.2 Å². The minimum Gasteiger partial charge on any atom is -0.541 e. The number of carbonyl (C=O) groups is 2. The highest BCUT2D eigenvalue weighted by molar-refractivity contribution is 8.14. The molecule has 3 rings (SSSR count). The maximum Gasteiger partial charge on any atom is 0.259 e. The van der Waals surface area contributed by atoms with Crippen LogP contribution in [0.15, 0.2) is 42.5 Å². The highest BCUT2D eigenvalue weighted by Crippen LogP contribution is 2.44. The average Bonchev–Trinajstić information content (AvgIpc) is 2.89. The zero-order valence-corrected chi connectivity index (χ0v) is 29.9. The van der Waals surface area contributed by atoms with Crippen molar-refractivity contribution in [2.45, 2.75) is 77.8 Å². The lowest BCUT2D eigenvalue weighted by atomic mass is 10.1. The molecule has 226 valence electrons. The van der Waals surface area contributed by atoms with E-state index in [4.69, 9.17) is 18.6 Å². The first kappa shape index (κ1) is 33.6. The Morgan fingerprint density at radius 1 is 0.810 bits per heavy atom. The molecule has 6 nitrogen and oxygen atoms in total. The second-order valence-electron chi connectivity index (χ2n) is 13.5. The highest BCUT2D eigenvalue weighted by atomic mass is 32.2. The number of ether oxygens (including phenoxy) is 1. The third kappa shape index (κ3) is 7.36. The highest BCUT2D eigenvalue weighted by Gasteiger charge is 2.42. The number of hydrogen-bond acceptors (Lipinski definition) is 7. The van der Waals surface area contributed by atoms with Crippen molar-refractivity contribution in [3.63, 3.8) is 0 Å². The van der Waals surface area contributed by atoms with Crippen LogP contribution in [-0.2, 0) is 4.79 Å². The van der Waals surface area contributed by atoms with Crippen molar-refractivity contribution in [1.82, 2.24) is 4.98 Å². The quantitative estimate of drug-likeness (QED) is 0.134. The van der Waals surface area contributed by atoms with Crippen LogP contribution in [-0.4, -0.2) is 45.9 Å². The van der Waals surface area contributed by atoms with Gasteiger partial charge in [0.1, 0.15) is 17.0 Å². The molecule has 0 aliphatic heterocycles. The summed E-state index contributed by atoms with van der Waals surface area (Å²) in [6, 6.07) is 13.3. The molecule has 42 heavy (non-hydrogen) atoms. The standard InChI is InChI=1S/C33H45NO5SSi2/c1-32(2,3)41(9,10)38-26-20-14-22(21-27(26)39-42(11,12)33(4,5)6)13-17-24-18-15-23-16-19-25(29(35)31(36)40-8)30(37-7)28(23)34-24/h13-21H,1-12H3/b17-13+. The minimum absolute atomic E-state index is 0.0296. The van der Waals surface area contributed by atoms with Crippen LogP contribution in [0.1, 0.15) is 63.2 Å². The fourth-order valence-electron chi connectivity index (χ4n) is 3.69. The Morgan fingerprint density at radius 3 is 1.93 bits per heavy atom. The molecular formula is C33H45NO5SSi2. The first-order valence-electron chi connectivity index (χ1n) is 14.1. The Kier molecular flexibility index (Phi) is 9.91. The summed E-state index contributed by atoms with van der Waals surface area (Å²) in [5, 5.41) is 0.354. The van der Waals surface area contributed by atoms with E-state index in [-0.39, 0.29) is 15.6 Å². The van der Waals surface area contributed by atoms with E-state index in [0.29, 0.717) is 17.0 Å². The van der Waals surface area contributed by atoms with E-state index in [2.05, 4.69) is 67.7 Å². The second-order valence-corrected chi connectivity index (χ2v) is 23.8. The van der Waals surface area contributed by atoms with Gasteiger partial charge >= 0.3 is 0 Å². The number of Topliss-reactive ketones (excluding diaryl/α,β-unsaturated/α-hetero) is 1. The molecule has 1 heterocycles. The molecule has 0 saturated heterocycles. The number of pyridine rings is 1. The van der Waals surface area contributed by atoms with Gasteiger partial charge in [0.25, 0.3) is 21.8 Å². The van der Waals surface area contributed by atoms with E-state index in [1.54, 1.807) is 18.4 Å². The number of nitrogens with zero attached hydrogens (tertiary/aromatic N) is 1. The van der Waals surface area contributed by atoms with Crippen molar-refractivity contribution in [3.8, 4) is 17.2 Å². The monoisotopic (exact) mass is 623 g/mol. The van der Waals surface area contributed by atoms with E-state index in [0.717, 1.165) is 34.2 Å². The molecule has 0 atom stereocenters. The molecule has 0 N–H and O–H groups in total. The maximum atomic E-state index is 12.6. The normalized spacial score (nSPS) is 13.0. The number of ketones is 1. The van der Waals surface area contributed by atoms with Crippen molar-refractivity contribution in [3.05, 3.63) is 59.3 Å². The molecule has 0 radical (unpaired) electrons. The van der Waals surface area contributed by atoms with Crippen molar-refractivity contribution in [1.29, 1.82) is 0 Å². The Balaban J connectivity index is 2.05. The fourth-order valence-corrected chi connectivity index (χ4v) is 6.02. The van der Waals surface area contributed by atoms with Crippen LogP contribution in [0.3, 0.4) is 0 Å². The number of fused-ring (bicyclic) bond motifs is 1. The lowest BCUT2D eigenvalue weighted by Crippen LogP contribution is -2.45. The molecule has 0 spiro atoms. The largest absolute Gasteiger partial charge is 0.541 e. The Morgan fingerprint density at radius 2 is 1.38 bits per heavy atom. The Bertz CT molecular complexity index is 1520. The number of aromatic nitrogens is 1. The predicted octanol–water partition coefficient (Wildman–Crippen LogP) is 9.25. The molecule has 0 saturated carbocycles. The van der Waals surface area contributed by atoms with Gasteiger partial charge in [-0.1, -0.05) is 77.6 Å². The van der Waals surface area contributed by atoms with Crippen LogP contribution in [0.25, 0.3) is 23.1 Å². The van der Waals surface area contributed by atoms with Crippen LogP contribution in [0, 0.1) is 0 Å². The van der Waals surface area contributed by atoms with Gasteiger partial charge in [0.05, 0.1) is 18.4 Å². The summed E-state index contributed by atoms with van der Waals surface area (Å²) in [4.78, 5) is 29.5. The predicted molar refractivity (Wildman–Crippen MR) is 182 cm³/mol. The summed E-state index contributed by atoms with van der Waals surface area (Å²) in [6.07, 6.45) is 5.49. The molecular weight excluding hydrogens is 579 g/mol. The zero-order chi connectivity index (χ0) is 31.7. The molecule has 0 aliphatic rings. The smallest absolute Gasteiger partial charge is 0.259 e. The Labute approximate surface area is 257 Å². The number of carbonyl (C=O) groups excluding carboxylic acids is 2. The second kappa shape index (κ2) is 12.4. The average molecular weight is 624 g/mol. The number of rotatable bonds is 9. The van der Waals surface area contributed by atoms with E-state index in [1.165, 1.54) is 7.11 Å². The molecule has 9 heteroatoms. The summed E-state index contributed by atoms with van der Waals surface area (Å²) in [5.74, 6) is 1.25. The zero-order valence-electron chi connectivity index (χ0n) is 27.1. The van der Waals surface area contributed by atoms with Crippen LogP contribution >= 0.6 is 11.8 Å². The minimum atomic E-state index is -2.14. The SMILES string of the molecule is COc1c(C(=O)C(=O)SC)ccc2ccc(/C=C/c3ccc(O[Si](C)(C)C(C)(C)C)c(O[Si](C)(C)C(C)(C)C)c3)nc12. The van der Waals surface area contributed by atoms with Gasteiger partial charge in [-0.15, -0.1) is 0 Å². The van der Waals surface area contributed by atoms with E-state index < -0.39 is 27.5 Å². The summed E-state index contributed by atoms with van der Waals surface area (Å²) >= 11 is 0.881. The molecule has 1 aromatic heterocycles. The van der Waals surface area contributed by atoms with Gasteiger partial charge in [-0.25, -0.2) is 4.98 Å². The fraction of sp³-hybridized carbons (Fsp3) is 0.424. The van der Waals surface area contributed by atoms with Gasteiger partial charge < -0.3 is 13.6 Å². The first-order chi connectivity index (χ1) is 19.3. The van der Waals surface area contributed by atoms with Gasteiger partial charge in [0.15, 0.2) is 5.75 Å². The summed E-state index contributed by atoms with van der Waals surface area (Å²) in [7, 11) is -2.76. The Hall–Kier alpha value is -2.89. The number of methoxy groups -OCH3 is 1. The van der Waals surface area contributed by atoms with Crippen molar-refractivity contribution >= 4 is 62.4 Å². The summed E-state index contributed by atoms with van der Waals surface area (Å²) in [5.41, 5.74) is 2.38. The van der Waals surface area contributed by atoms with Gasteiger partial charge in [0, 0.05) is 5.39 Å². The van der Waals surface area contributed by atoms with Crippen molar-refractivity contribution in [2.75, 3.05) is 13.4 Å². The molecule has 0 unspecified atom stereocenters. The van der Waals surface area contributed by atoms with E-state index in [1.807, 2.05) is 42.5 Å². The summed E-state index contributed by atoms with van der Waals surface area (Å²) < 4.78 is 19.1. The van der Waals surface area contributed by atoms with E-state index >= 15 is 0 Å². The molecule has 0 fully saturated rings. The number of hydrogen-bond donors (Lipinski definition) is 0. The maximum absolute atomic E-state index is 12.6. The van der Waals surface area contributed by atoms with Gasteiger partial charge in [0.2, 0.25) is 5.78 Å². The lowest BCUT2D eigenvalue weighted by Gasteiger charge is -2.39. The molecule has 0 amide bonds. The molecule has 0 aliphatic carbocycles. The lowest BCUT2D eigenvalue weighted by molar-refractivity contribution is -0.107. The molecule has 0 bridgehead atoms. The van der Waals surface area contributed by atoms with Crippen molar-refractivity contribution in [2.24, 2.45) is 0 Å². The number of thioether (sulfide) groups is 1. The van der Waals surface area contributed by atoms with Gasteiger partial charge in [-0.2, -0.15) is 0 Å². The van der Waals surface area contributed by atoms with Crippen LogP contribution in [0.2, 0.25) is 36.3 Å². The molecule has 2 aromatic carbocycles.